The van der Waals surface area contributed by atoms with E-state index >= 15 is 0 Å². The first-order valence-electron chi connectivity index (χ1n) is 7.92. The topological polar surface area (TPSA) is 127 Å². The molecule has 3 atom stereocenters. The Morgan fingerprint density at radius 2 is 1.61 bits per heavy atom. The number of hydrogen-bond acceptors (Lipinski definition) is 5. The highest BCUT2D eigenvalue weighted by Gasteiger charge is 2.34. The summed E-state index contributed by atoms with van der Waals surface area (Å²) in [7, 11) is 0. The van der Waals surface area contributed by atoms with Crippen LogP contribution in [-0.2, 0) is 14.4 Å². The van der Waals surface area contributed by atoms with Crippen molar-refractivity contribution in [2.24, 2.45) is 5.92 Å². The van der Waals surface area contributed by atoms with Crippen LogP contribution >= 0.6 is 0 Å². The fraction of sp³-hybridized carbons (Fsp3) is 0.800. The molecule has 1 aliphatic heterocycles. The molecule has 1 saturated heterocycles. The van der Waals surface area contributed by atoms with Crippen LogP contribution in [0.5, 0.6) is 0 Å². The summed E-state index contributed by atoms with van der Waals surface area (Å²) in [6, 6.07) is -0.837. The van der Waals surface area contributed by atoms with Gasteiger partial charge < -0.3 is 25.5 Å². The highest BCUT2D eigenvalue weighted by Crippen LogP contribution is 2.14. The van der Waals surface area contributed by atoms with Gasteiger partial charge in [-0.3, -0.25) is 9.59 Å². The van der Waals surface area contributed by atoms with Crippen LogP contribution in [0.15, 0.2) is 0 Å². The van der Waals surface area contributed by atoms with Gasteiger partial charge in [-0.05, 0) is 31.6 Å². The van der Waals surface area contributed by atoms with Gasteiger partial charge in [0.2, 0.25) is 5.91 Å². The van der Waals surface area contributed by atoms with E-state index in [1.165, 1.54) is 0 Å². The van der Waals surface area contributed by atoms with Crippen LogP contribution in [0, 0.1) is 5.92 Å². The van der Waals surface area contributed by atoms with Crippen molar-refractivity contribution < 1.29 is 29.7 Å². The molecule has 1 fully saturated rings. The molecule has 0 aromatic heterocycles. The lowest BCUT2D eigenvalue weighted by Crippen LogP contribution is -2.54. The van der Waals surface area contributed by atoms with Crippen LogP contribution in [0.1, 0.15) is 39.5 Å². The molecule has 1 heterocycles. The van der Waals surface area contributed by atoms with Crippen molar-refractivity contribution in [1.29, 1.82) is 0 Å². The number of likely N-dealkylation sites (tertiary alicyclic amines) is 1. The van der Waals surface area contributed by atoms with Gasteiger partial charge >= 0.3 is 5.97 Å². The van der Waals surface area contributed by atoms with Crippen LogP contribution in [0.25, 0.3) is 0 Å². The first-order valence-corrected chi connectivity index (χ1v) is 7.92. The molecule has 2 amide bonds. The van der Waals surface area contributed by atoms with Crippen LogP contribution < -0.4 is 5.32 Å². The van der Waals surface area contributed by atoms with Gasteiger partial charge in [0, 0.05) is 13.1 Å². The number of aliphatic hydroxyl groups excluding tert-OH is 2. The maximum atomic E-state index is 12.5. The highest BCUT2D eigenvalue weighted by molar-refractivity contribution is 5.92. The van der Waals surface area contributed by atoms with Crippen molar-refractivity contribution in [2.45, 2.75) is 57.8 Å². The normalized spacial score (nSPS) is 19.1. The van der Waals surface area contributed by atoms with Gasteiger partial charge in [0.05, 0.1) is 0 Å². The molecule has 0 aromatic carbocycles. The average molecular weight is 330 g/mol. The highest BCUT2D eigenvalue weighted by atomic mass is 16.4. The van der Waals surface area contributed by atoms with Crippen LogP contribution in [-0.4, -0.2) is 69.3 Å². The minimum Gasteiger partial charge on any atom is -0.479 e. The van der Waals surface area contributed by atoms with E-state index in [1.54, 1.807) is 4.90 Å². The van der Waals surface area contributed by atoms with E-state index < -0.39 is 30.1 Å². The third kappa shape index (κ3) is 5.80. The van der Waals surface area contributed by atoms with E-state index in [4.69, 9.17) is 5.11 Å². The molecule has 8 nitrogen and oxygen atoms in total. The molecule has 0 radical (unpaired) electrons. The summed E-state index contributed by atoms with van der Waals surface area (Å²) in [5.41, 5.74) is 0. The maximum absolute atomic E-state index is 12.5. The Morgan fingerprint density at radius 1 is 1.04 bits per heavy atom. The van der Waals surface area contributed by atoms with Crippen molar-refractivity contribution in [3.63, 3.8) is 0 Å². The number of piperidine rings is 1. The van der Waals surface area contributed by atoms with Crippen LogP contribution in [0.3, 0.4) is 0 Å². The molecule has 8 heteroatoms. The second-order valence-corrected chi connectivity index (χ2v) is 6.30. The number of carbonyl (C=O) groups is 3. The summed E-state index contributed by atoms with van der Waals surface area (Å²) in [5.74, 6) is -2.87. The summed E-state index contributed by atoms with van der Waals surface area (Å²) >= 11 is 0. The lowest BCUT2D eigenvalue weighted by atomic mass is 10.0. The molecule has 0 unspecified atom stereocenters. The number of carbonyl (C=O) groups excluding carboxylic acids is 2. The Morgan fingerprint density at radius 3 is 2.09 bits per heavy atom. The van der Waals surface area contributed by atoms with Gasteiger partial charge in [-0.1, -0.05) is 13.8 Å². The van der Waals surface area contributed by atoms with Crippen molar-refractivity contribution in [3.8, 4) is 0 Å². The van der Waals surface area contributed by atoms with E-state index in [0.717, 1.165) is 19.3 Å². The molecule has 1 aliphatic rings. The summed E-state index contributed by atoms with van der Waals surface area (Å²) in [4.78, 5) is 36.8. The number of carboxylic acid groups (broad SMARTS) is 1. The smallest absolute Gasteiger partial charge is 0.335 e. The Hall–Kier alpha value is -1.67. The molecule has 0 aliphatic carbocycles. The molecule has 0 aromatic rings. The zero-order valence-electron chi connectivity index (χ0n) is 13.6. The van der Waals surface area contributed by atoms with Crippen molar-refractivity contribution in [1.82, 2.24) is 10.2 Å². The van der Waals surface area contributed by atoms with E-state index in [2.05, 4.69) is 5.32 Å². The first kappa shape index (κ1) is 19.4. The zero-order valence-corrected chi connectivity index (χ0v) is 13.6. The molecule has 0 saturated carbocycles. The second kappa shape index (κ2) is 8.83. The molecule has 0 bridgehead atoms. The molecule has 132 valence electrons. The lowest BCUT2D eigenvalue weighted by molar-refractivity contribution is -0.158. The standard InChI is InChI=1S/C15H26N2O6/c1-9(2)8-10(14(21)17-6-4-3-5-7-17)16-13(20)11(18)12(19)15(22)23/h9-12,18-19H,3-8H2,1-2H3,(H,16,20)(H,22,23)/t10-,11-,12-/m0/s1. The summed E-state index contributed by atoms with van der Waals surface area (Å²) in [6.07, 6.45) is -1.08. The summed E-state index contributed by atoms with van der Waals surface area (Å²) in [6.45, 7) is 5.05. The van der Waals surface area contributed by atoms with E-state index in [9.17, 15) is 24.6 Å². The number of nitrogens with zero attached hydrogens (tertiary/aromatic N) is 1. The second-order valence-electron chi connectivity index (χ2n) is 6.30. The zero-order chi connectivity index (χ0) is 17.6. The van der Waals surface area contributed by atoms with Gasteiger partial charge in [0.25, 0.3) is 5.91 Å². The van der Waals surface area contributed by atoms with Crippen molar-refractivity contribution in [2.75, 3.05) is 13.1 Å². The molecule has 4 N–H and O–H groups in total. The quantitative estimate of drug-likeness (QED) is 0.490. The fourth-order valence-corrected chi connectivity index (χ4v) is 2.56. The Bertz CT molecular complexity index is 434. The monoisotopic (exact) mass is 330 g/mol. The van der Waals surface area contributed by atoms with Crippen LogP contribution in [0.4, 0.5) is 0 Å². The van der Waals surface area contributed by atoms with E-state index in [0.29, 0.717) is 19.5 Å². The number of nitrogens with one attached hydrogen (secondary N) is 1. The third-order valence-corrected chi connectivity index (χ3v) is 3.81. The van der Waals surface area contributed by atoms with Crippen molar-refractivity contribution in [3.05, 3.63) is 0 Å². The van der Waals surface area contributed by atoms with Crippen molar-refractivity contribution >= 4 is 17.8 Å². The minimum atomic E-state index is -2.22. The molecule has 23 heavy (non-hydrogen) atoms. The SMILES string of the molecule is CC(C)C[C@H](NC(=O)[C@@H](O)[C@H](O)C(=O)O)C(=O)N1CCCCC1. The fourth-order valence-electron chi connectivity index (χ4n) is 2.56. The average Bonchev–Trinajstić information content (AvgIpc) is 2.52. The summed E-state index contributed by atoms with van der Waals surface area (Å²) < 4.78 is 0. The predicted molar refractivity (Wildman–Crippen MR) is 81.5 cm³/mol. The number of aliphatic carboxylic acids is 1. The maximum Gasteiger partial charge on any atom is 0.335 e. The third-order valence-electron chi connectivity index (χ3n) is 3.81. The Labute approximate surface area is 135 Å². The van der Waals surface area contributed by atoms with Gasteiger partial charge in [-0.2, -0.15) is 0 Å². The lowest BCUT2D eigenvalue weighted by Gasteiger charge is -2.31. The largest absolute Gasteiger partial charge is 0.479 e. The summed E-state index contributed by atoms with van der Waals surface area (Å²) in [5, 5.41) is 29.8. The molecular weight excluding hydrogens is 304 g/mol. The minimum absolute atomic E-state index is 0.121. The van der Waals surface area contributed by atoms with E-state index in [1.807, 2.05) is 13.8 Å². The van der Waals surface area contributed by atoms with E-state index in [-0.39, 0.29) is 11.8 Å². The number of aliphatic hydroxyl groups is 2. The predicted octanol–water partition coefficient (Wildman–Crippen LogP) is -0.664. The Balaban J connectivity index is 2.75. The number of carboxylic acids is 1. The molecule has 0 spiro atoms. The van der Waals surface area contributed by atoms with Gasteiger partial charge in [-0.25, -0.2) is 4.79 Å². The van der Waals surface area contributed by atoms with Gasteiger partial charge in [0.1, 0.15) is 6.04 Å². The number of rotatable bonds is 7. The number of hydrogen-bond donors (Lipinski definition) is 4. The first-order chi connectivity index (χ1) is 10.7. The molecule has 1 rings (SSSR count). The van der Waals surface area contributed by atoms with Gasteiger partial charge in [0.15, 0.2) is 12.2 Å². The number of amides is 2. The molecular formula is C15H26N2O6. The Kier molecular flexibility index (Phi) is 7.44. The van der Waals surface area contributed by atoms with Gasteiger partial charge in [-0.15, -0.1) is 0 Å². The van der Waals surface area contributed by atoms with Crippen LogP contribution in [0.2, 0.25) is 0 Å².